The summed E-state index contributed by atoms with van der Waals surface area (Å²) in [7, 11) is 3.06. The van der Waals surface area contributed by atoms with E-state index in [4.69, 9.17) is 9.47 Å². The Morgan fingerprint density at radius 1 is 1.20 bits per heavy atom. The Bertz CT molecular complexity index is 1010. The molecule has 10 heteroatoms. The molecule has 0 saturated heterocycles. The molecule has 1 aromatic heterocycles. The Morgan fingerprint density at radius 3 is 2.77 bits per heavy atom. The summed E-state index contributed by atoms with van der Waals surface area (Å²) in [5, 5.41) is 7.53. The number of benzene rings is 1. The molecule has 1 aliphatic rings. The molecule has 0 aliphatic carbocycles. The molecule has 0 fully saturated rings. The fourth-order valence-corrected chi connectivity index (χ4v) is 3.41. The van der Waals surface area contributed by atoms with Crippen molar-refractivity contribution in [3.05, 3.63) is 41.4 Å². The van der Waals surface area contributed by atoms with Crippen LogP contribution in [0.15, 0.2) is 40.7 Å². The zero-order valence-corrected chi connectivity index (χ0v) is 17.2. The lowest BCUT2D eigenvalue weighted by Crippen LogP contribution is -2.28. The summed E-state index contributed by atoms with van der Waals surface area (Å²) in [6, 6.07) is 5.12. The van der Waals surface area contributed by atoms with E-state index in [-0.39, 0.29) is 12.3 Å². The van der Waals surface area contributed by atoms with E-state index in [1.54, 1.807) is 36.8 Å². The fraction of sp³-hybridized carbons (Fsp3) is 0.250. The molecular formula is C20H20N4O5S. The Kier molecular flexibility index (Phi) is 6.91. The van der Waals surface area contributed by atoms with E-state index in [9.17, 15) is 14.4 Å². The smallest absolute Gasteiger partial charge is 0.262 e. The van der Waals surface area contributed by atoms with Crippen molar-refractivity contribution in [3.8, 4) is 11.5 Å². The lowest BCUT2D eigenvalue weighted by atomic mass is 10.1. The highest BCUT2D eigenvalue weighted by Crippen LogP contribution is 2.29. The van der Waals surface area contributed by atoms with E-state index < -0.39 is 17.7 Å². The number of carbonyl (C=O) groups excluding carboxylic acids is 3. The molecule has 0 saturated carbocycles. The van der Waals surface area contributed by atoms with Crippen LogP contribution >= 0.6 is 11.3 Å². The average molecular weight is 428 g/mol. The third kappa shape index (κ3) is 5.29. The number of hydrogen-bond donors (Lipinski definition) is 2. The lowest BCUT2D eigenvalue weighted by molar-refractivity contribution is -0.128. The van der Waals surface area contributed by atoms with E-state index >= 15 is 0 Å². The van der Waals surface area contributed by atoms with Gasteiger partial charge in [-0.15, -0.1) is 11.3 Å². The fourth-order valence-electron chi connectivity index (χ4n) is 2.66. The van der Waals surface area contributed by atoms with Crippen molar-refractivity contribution in [3.63, 3.8) is 0 Å². The second-order valence-electron chi connectivity index (χ2n) is 6.23. The summed E-state index contributed by atoms with van der Waals surface area (Å²) in [6.45, 7) is 0. The van der Waals surface area contributed by atoms with Crippen LogP contribution in [-0.4, -0.2) is 43.1 Å². The highest BCUT2D eigenvalue weighted by molar-refractivity contribution is 7.13. The van der Waals surface area contributed by atoms with Crippen LogP contribution in [0.2, 0.25) is 0 Å². The minimum atomic E-state index is -0.951. The first-order valence-corrected chi connectivity index (χ1v) is 9.90. The third-order valence-corrected chi connectivity index (χ3v) is 5.02. The highest BCUT2D eigenvalue weighted by atomic mass is 32.1. The minimum Gasteiger partial charge on any atom is -0.497 e. The van der Waals surface area contributed by atoms with E-state index in [1.807, 2.05) is 0 Å². The molecule has 2 N–H and O–H groups in total. The van der Waals surface area contributed by atoms with Gasteiger partial charge in [-0.1, -0.05) is 6.08 Å². The molecule has 156 valence electrons. The predicted molar refractivity (Wildman–Crippen MR) is 113 cm³/mol. The van der Waals surface area contributed by atoms with Crippen LogP contribution in [-0.2, 0) is 20.8 Å². The Morgan fingerprint density at radius 2 is 2.03 bits per heavy atom. The monoisotopic (exact) mass is 428 g/mol. The summed E-state index contributed by atoms with van der Waals surface area (Å²) in [5.74, 6) is -1.03. The Hall–Kier alpha value is -3.53. The number of ether oxygens (including phenoxy) is 2. The zero-order chi connectivity index (χ0) is 21.5. The van der Waals surface area contributed by atoms with Gasteiger partial charge in [0.25, 0.3) is 5.91 Å². The van der Waals surface area contributed by atoms with E-state index in [2.05, 4.69) is 20.6 Å². The normalized spacial score (nSPS) is 15.0. The van der Waals surface area contributed by atoms with Crippen molar-refractivity contribution in [2.24, 2.45) is 10.9 Å². The van der Waals surface area contributed by atoms with Gasteiger partial charge in [-0.2, -0.15) is 0 Å². The number of allylic oxidation sites excluding steroid dienone is 1. The van der Waals surface area contributed by atoms with Crippen molar-refractivity contribution in [2.75, 3.05) is 24.9 Å². The first-order chi connectivity index (χ1) is 14.5. The second kappa shape index (κ2) is 9.79. The molecule has 1 aliphatic heterocycles. The molecule has 2 aromatic rings. The largest absolute Gasteiger partial charge is 0.497 e. The quantitative estimate of drug-likeness (QED) is 0.624. The second-order valence-corrected chi connectivity index (χ2v) is 7.08. The summed E-state index contributed by atoms with van der Waals surface area (Å²) < 4.78 is 10.4. The topological polar surface area (TPSA) is 119 Å². The number of rotatable bonds is 8. The third-order valence-electron chi connectivity index (χ3n) is 4.21. The van der Waals surface area contributed by atoms with Gasteiger partial charge in [-0.05, 0) is 24.6 Å². The van der Waals surface area contributed by atoms with Crippen molar-refractivity contribution in [1.82, 2.24) is 4.98 Å². The standard InChI is InChI=1S/C20H20N4O5S/c1-28-13-6-7-15(16(10-13)29-2)23-17(25)8-5-12-11-30-20(22-12)24-19(27)14-4-3-9-21-18(14)26/h3-4,6-7,9-11,14H,5,8H2,1-2H3,(H,23,25)(H,22,24,27). The van der Waals surface area contributed by atoms with Crippen LogP contribution < -0.4 is 20.1 Å². The first-order valence-electron chi connectivity index (χ1n) is 9.02. The number of aromatic nitrogens is 1. The number of carbonyl (C=O) groups is 3. The maximum Gasteiger partial charge on any atom is 0.262 e. The number of methoxy groups -OCH3 is 2. The van der Waals surface area contributed by atoms with E-state index in [0.717, 1.165) is 0 Å². The van der Waals surface area contributed by atoms with Gasteiger partial charge in [-0.25, -0.2) is 9.98 Å². The Labute approximate surface area is 176 Å². The van der Waals surface area contributed by atoms with Gasteiger partial charge in [-0.3, -0.25) is 14.4 Å². The van der Waals surface area contributed by atoms with Gasteiger partial charge < -0.3 is 20.1 Å². The summed E-state index contributed by atoms with van der Waals surface area (Å²) in [5.41, 5.74) is 1.21. The lowest BCUT2D eigenvalue weighted by Gasteiger charge is -2.11. The van der Waals surface area contributed by atoms with Crippen molar-refractivity contribution < 1.29 is 23.9 Å². The summed E-state index contributed by atoms with van der Waals surface area (Å²) >= 11 is 1.23. The average Bonchev–Trinajstić information content (AvgIpc) is 3.20. The van der Waals surface area contributed by atoms with Crippen LogP contribution in [0.4, 0.5) is 10.8 Å². The number of aryl methyl sites for hydroxylation is 1. The molecule has 30 heavy (non-hydrogen) atoms. The van der Waals surface area contributed by atoms with E-state index in [0.29, 0.717) is 34.4 Å². The zero-order valence-electron chi connectivity index (χ0n) is 16.4. The number of thiazole rings is 1. The molecule has 3 amide bonds. The number of nitrogens with zero attached hydrogens (tertiary/aromatic N) is 2. The van der Waals surface area contributed by atoms with Gasteiger partial charge >= 0.3 is 0 Å². The number of aliphatic imine (C=N–C) groups is 1. The van der Waals surface area contributed by atoms with Gasteiger partial charge in [0.2, 0.25) is 11.8 Å². The van der Waals surface area contributed by atoms with Crippen LogP contribution in [0.3, 0.4) is 0 Å². The van der Waals surface area contributed by atoms with Crippen molar-refractivity contribution in [2.45, 2.75) is 12.8 Å². The predicted octanol–water partition coefficient (Wildman–Crippen LogP) is 2.45. The SMILES string of the molecule is COc1ccc(NC(=O)CCc2csc(NC(=O)C3C=CC=NC3=O)n2)c(OC)c1. The molecular weight excluding hydrogens is 408 g/mol. The maximum atomic E-state index is 12.3. The molecule has 1 unspecified atom stereocenters. The summed E-state index contributed by atoms with van der Waals surface area (Å²) in [4.78, 5) is 44.0. The number of nitrogens with one attached hydrogen (secondary N) is 2. The molecule has 9 nitrogen and oxygen atoms in total. The number of amides is 3. The van der Waals surface area contributed by atoms with Crippen molar-refractivity contribution >= 4 is 46.1 Å². The minimum absolute atomic E-state index is 0.199. The molecule has 2 heterocycles. The number of dihydropyridines is 1. The number of anilines is 2. The van der Waals surface area contributed by atoms with Gasteiger partial charge in [0, 0.05) is 24.1 Å². The highest BCUT2D eigenvalue weighted by Gasteiger charge is 2.25. The molecule has 0 bridgehead atoms. The van der Waals surface area contributed by atoms with Gasteiger partial charge in [0.15, 0.2) is 5.13 Å². The van der Waals surface area contributed by atoms with Gasteiger partial charge in [0.1, 0.15) is 17.4 Å². The van der Waals surface area contributed by atoms with Crippen LogP contribution in [0.25, 0.3) is 0 Å². The molecule has 0 spiro atoms. The number of hydrogen-bond acceptors (Lipinski definition) is 7. The molecule has 3 rings (SSSR count). The van der Waals surface area contributed by atoms with E-state index in [1.165, 1.54) is 30.7 Å². The van der Waals surface area contributed by atoms with Crippen LogP contribution in [0, 0.1) is 5.92 Å². The maximum absolute atomic E-state index is 12.3. The molecule has 1 atom stereocenters. The first kappa shape index (κ1) is 21.2. The van der Waals surface area contributed by atoms with Crippen LogP contribution in [0.5, 0.6) is 11.5 Å². The molecule has 1 aromatic carbocycles. The van der Waals surface area contributed by atoms with Crippen LogP contribution in [0.1, 0.15) is 12.1 Å². The van der Waals surface area contributed by atoms with Crippen molar-refractivity contribution in [1.29, 1.82) is 0 Å². The Balaban J connectivity index is 1.52. The van der Waals surface area contributed by atoms with Gasteiger partial charge in [0.05, 0.1) is 25.6 Å². The summed E-state index contributed by atoms with van der Waals surface area (Å²) in [6.07, 6.45) is 4.97. The molecule has 0 radical (unpaired) electrons.